The third kappa shape index (κ3) is 4.61. The number of halogens is 3. The summed E-state index contributed by atoms with van der Waals surface area (Å²) in [6, 6.07) is 12.3. The van der Waals surface area contributed by atoms with E-state index in [1.54, 1.807) is 46.4 Å². The van der Waals surface area contributed by atoms with Gasteiger partial charge in [-0.25, -0.2) is 21.6 Å². The maximum Gasteiger partial charge on any atom is 0.262 e. The predicted octanol–water partition coefficient (Wildman–Crippen LogP) is 4.70. The quantitative estimate of drug-likeness (QED) is 0.593. The van der Waals surface area contributed by atoms with Crippen molar-refractivity contribution in [2.75, 3.05) is 42.7 Å². The van der Waals surface area contributed by atoms with E-state index < -0.39 is 32.4 Å². The second kappa shape index (κ2) is 8.50. The van der Waals surface area contributed by atoms with Crippen LogP contribution in [0.5, 0.6) is 0 Å². The molecule has 0 aliphatic rings. The summed E-state index contributed by atoms with van der Waals surface area (Å²) in [5, 5.41) is 0. The molecule has 9 heteroatoms. The van der Waals surface area contributed by atoms with Crippen LogP contribution >= 0.6 is 0 Å². The summed E-state index contributed by atoms with van der Waals surface area (Å²) >= 11 is 0. The zero-order valence-electron chi connectivity index (χ0n) is 17.4. The normalized spacial score (nSPS) is 11.3. The number of benzene rings is 3. The van der Waals surface area contributed by atoms with Crippen molar-refractivity contribution >= 4 is 27.1 Å². The fraction of sp³-hybridized carbons (Fsp3) is 0.182. The molecule has 0 spiro atoms. The molecule has 0 atom stereocenters. The van der Waals surface area contributed by atoms with Gasteiger partial charge in [0.25, 0.3) is 10.0 Å². The molecule has 0 aromatic heterocycles. The number of para-hydroxylation sites is 1. The van der Waals surface area contributed by atoms with Crippen molar-refractivity contribution in [1.82, 2.24) is 0 Å². The Balaban J connectivity index is 2.27. The molecule has 0 bridgehead atoms. The maximum absolute atomic E-state index is 14.9. The average molecular weight is 449 g/mol. The molecule has 3 aromatic carbocycles. The Labute approximate surface area is 179 Å². The molecule has 0 fully saturated rings. The van der Waals surface area contributed by atoms with Crippen LogP contribution in [0.15, 0.2) is 59.5 Å². The van der Waals surface area contributed by atoms with Gasteiger partial charge < -0.3 is 9.80 Å². The number of sulfonamides is 1. The first-order valence-corrected chi connectivity index (χ1v) is 10.7. The molecular formula is C22H22F3N3O2S. The van der Waals surface area contributed by atoms with E-state index in [0.717, 1.165) is 6.07 Å². The Morgan fingerprint density at radius 2 is 1.29 bits per heavy atom. The van der Waals surface area contributed by atoms with Crippen LogP contribution in [0.2, 0.25) is 0 Å². The summed E-state index contributed by atoms with van der Waals surface area (Å²) in [5.74, 6) is -3.04. The van der Waals surface area contributed by atoms with Crippen LogP contribution in [0.1, 0.15) is 0 Å². The number of nitrogens with one attached hydrogen (secondary N) is 1. The molecule has 0 aliphatic carbocycles. The van der Waals surface area contributed by atoms with Crippen molar-refractivity contribution < 1.29 is 21.6 Å². The van der Waals surface area contributed by atoms with Gasteiger partial charge in [-0.05, 0) is 42.0 Å². The van der Waals surface area contributed by atoms with Crippen LogP contribution in [-0.4, -0.2) is 36.6 Å². The SMILES string of the molecule is CN(C)c1cc(-c2cc(F)c(F)cc2S(=O)(=O)Nc2ccccc2)cc(N(C)C)c1F. The number of anilines is 3. The van der Waals surface area contributed by atoms with E-state index in [0.29, 0.717) is 6.07 Å². The van der Waals surface area contributed by atoms with Gasteiger partial charge in [-0.3, -0.25) is 4.72 Å². The summed E-state index contributed by atoms with van der Waals surface area (Å²) in [6.07, 6.45) is 0. The molecule has 0 amide bonds. The van der Waals surface area contributed by atoms with Crippen molar-refractivity contribution in [3.8, 4) is 11.1 Å². The summed E-state index contributed by atoms with van der Waals surface area (Å²) in [7, 11) is 2.22. The largest absolute Gasteiger partial charge is 0.375 e. The molecule has 0 heterocycles. The predicted molar refractivity (Wildman–Crippen MR) is 118 cm³/mol. The Morgan fingerprint density at radius 3 is 1.81 bits per heavy atom. The first-order valence-electron chi connectivity index (χ1n) is 9.26. The number of nitrogens with zero attached hydrogens (tertiary/aromatic N) is 2. The molecule has 164 valence electrons. The van der Waals surface area contributed by atoms with Gasteiger partial charge >= 0.3 is 0 Å². The fourth-order valence-corrected chi connectivity index (χ4v) is 4.37. The van der Waals surface area contributed by atoms with Crippen molar-refractivity contribution in [2.24, 2.45) is 0 Å². The number of rotatable bonds is 6. The minimum Gasteiger partial charge on any atom is -0.375 e. The van der Waals surface area contributed by atoms with Crippen LogP contribution in [-0.2, 0) is 10.0 Å². The van der Waals surface area contributed by atoms with E-state index in [1.165, 1.54) is 34.1 Å². The highest BCUT2D eigenvalue weighted by Gasteiger charge is 2.25. The van der Waals surface area contributed by atoms with Gasteiger partial charge in [-0.2, -0.15) is 0 Å². The highest BCUT2D eigenvalue weighted by molar-refractivity contribution is 7.92. The smallest absolute Gasteiger partial charge is 0.262 e. The van der Waals surface area contributed by atoms with Gasteiger partial charge in [0, 0.05) is 39.4 Å². The second-order valence-corrected chi connectivity index (χ2v) is 9.00. The third-order valence-electron chi connectivity index (χ3n) is 4.65. The highest BCUT2D eigenvalue weighted by Crippen LogP contribution is 2.37. The van der Waals surface area contributed by atoms with Gasteiger partial charge in [0.15, 0.2) is 17.5 Å². The number of hydrogen-bond donors (Lipinski definition) is 1. The van der Waals surface area contributed by atoms with Gasteiger partial charge in [-0.15, -0.1) is 0 Å². The highest BCUT2D eigenvalue weighted by atomic mass is 32.2. The van der Waals surface area contributed by atoms with Gasteiger partial charge in [0.2, 0.25) is 0 Å². The summed E-state index contributed by atoms with van der Waals surface area (Å²) in [4.78, 5) is 2.57. The Morgan fingerprint density at radius 1 is 0.774 bits per heavy atom. The first kappa shape index (κ1) is 22.5. The zero-order chi connectivity index (χ0) is 22.9. The van der Waals surface area contributed by atoms with Crippen LogP contribution in [0.25, 0.3) is 11.1 Å². The van der Waals surface area contributed by atoms with E-state index >= 15 is 0 Å². The standard InChI is InChI=1S/C22H22F3N3O2S/c1-27(2)19-10-14(11-20(22(19)25)28(3)4)16-12-17(23)18(24)13-21(16)31(29,30)26-15-8-6-5-7-9-15/h5-13,26H,1-4H3. The molecule has 3 aromatic rings. The monoisotopic (exact) mass is 449 g/mol. The molecule has 1 N–H and O–H groups in total. The summed E-state index contributed by atoms with van der Waals surface area (Å²) in [5.41, 5.74) is 0.741. The van der Waals surface area contributed by atoms with E-state index in [4.69, 9.17) is 0 Å². The first-order chi connectivity index (χ1) is 14.5. The van der Waals surface area contributed by atoms with Gasteiger partial charge in [0.05, 0.1) is 16.3 Å². The van der Waals surface area contributed by atoms with Crippen LogP contribution < -0.4 is 14.5 Å². The lowest BCUT2D eigenvalue weighted by atomic mass is 10.0. The molecular weight excluding hydrogens is 427 g/mol. The molecule has 5 nitrogen and oxygen atoms in total. The molecule has 0 aliphatic heterocycles. The topological polar surface area (TPSA) is 52.7 Å². The lowest BCUT2D eigenvalue weighted by Gasteiger charge is -2.22. The van der Waals surface area contributed by atoms with Crippen molar-refractivity contribution in [3.05, 3.63) is 72.0 Å². The second-order valence-electron chi connectivity index (χ2n) is 7.35. The minimum atomic E-state index is -4.29. The van der Waals surface area contributed by atoms with Crippen LogP contribution in [0.4, 0.5) is 30.2 Å². The van der Waals surface area contributed by atoms with Crippen molar-refractivity contribution in [1.29, 1.82) is 0 Å². The maximum atomic E-state index is 14.9. The molecule has 0 radical (unpaired) electrons. The summed E-state index contributed by atoms with van der Waals surface area (Å²) in [6.45, 7) is 0. The Hall–Kier alpha value is -3.20. The molecule has 0 saturated heterocycles. The van der Waals surface area contributed by atoms with E-state index in [-0.39, 0.29) is 28.2 Å². The minimum absolute atomic E-state index is 0.0893. The van der Waals surface area contributed by atoms with Crippen molar-refractivity contribution in [2.45, 2.75) is 4.90 Å². The lowest BCUT2D eigenvalue weighted by molar-refractivity contribution is 0.505. The van der Waals surface area contributed by atoms with Crippen LogP contribution in [0.3, 0.4) is 0 Å². The fourth-order valence-electron chi connectivity index (χ4n) is 3.09. The van der Waals surface area contributed by atoms with Crippen molar-refractivity contribution in [3.63, 3.8) is 0 Å². The molecule has 0 unspecified atom stereocenters. The van der Waals surface area contributed by atoms with E-state index in [9.17, 15) is 21.6 Å². The third-order valence-corrected chi connectivity index (χ3v) is 6.07. The van der Waals surface area contributed by atoms with E-state index in [1.807, 2.05) is 0 Å². The van der Waals surface area contributed by atoms with Crippen LogP contribution in [0, 0.1) is 17.5 Å². The Bertz CT molecular complexity index is 1190. The lowest BCUT2D eigenvalue weighted by Crippen LogP contribution is -2.17. The van der Waals surface area contributed by atoms with Gasteiger partial charge in [-0.1, -0.05) is 18.2 Å². The molecule has 3 rings (SSSR count). The number of hydrogen-bond acceptors (Lipinski definition) is 4. The van der Waals surface area contributed by atoms with Gasteiger partial charge in [0.1, 0.15) is 0 Å². The molecule has 0 saturated carbocycles. The zero-order valence-corrected chi connectivity index (χ0v) is 18.3. The summed E-state index contributed by atoms with van der Waals surface area (Å²) < 4.78 is 71.6. The molecule has 31 heavy (non-hydrogen) atoms. The Kier molecular flexibility index (Phi) is 6.17. The average Bonchev–Trinajstić information content (AvgIpc) is 2.69. The van der Waals surface area contributed by atoms with E-state index in [2.05, 4.69) is 4.72 Å².